The number of anilines is 4. The second kappa shape index (κ2) is 12.5. The Bertz CT molecular complexity index is 1770. The van der Waals surface area contributed by atoms with Crippen molar-refractivity contribution in [2.75, 3.05) is 22.2 Å². The maximum atomic E-state index is 13.6. The molecule has 5 aromatic rings. The van der Waals surface area contributed by atoms with E-state index in [0.29, 0.717) is 22.8 Å². The first-order valence-corrected chi connectivity index (χ1v) is 14.1. The smallest absolute Gasteiger partial charge is 0.255 e. The molecule has 0 radical (unpaired) electrons. The predicted molar refractivity (Wildman–Crippen MR) is 167 cm³/mol. The van der Waals surface area contributed by atoms with Gasteiger partial charge in [0.05, 0.1) is 11.4 Å². The van der Waals surface area contributed by atoms with Crippen molar-refractivity contribution in [2.45, 2.75) is 5.16 Å². The number of imidazole rings is 1. The molecule has 0 atom stereocenters. The van der Waals surface area contributed by atoms with E-state index in [-0.39, 0.29) is 17.6 Å². The number of pyridine rings is 1. The van der Waals surface area contributed by atoms with Crippen LogP contribution in [0.15, 0.2) is 109 Å². The van der Waals surface area contributed by atoms with E-state index in [9.17, 15) is 14.0 Å². The summed E-state index contributed by atoms with van der Waals surface area (Å²) in [5, 5.41) is 9.69. The maximum Gasteiger partial charge on any atom is 0.255 e. The number of carbonyl (C=O) groups excluding carboxylic acids is 2. The number of halogens is 1. The lowest BCUT2D eigenvalue weighted by Gasteiger charge is -2.12. The van der Waals surface area contributed by atoms with Crippen molar-refractivity contribution in [2.24, 2.45) is 7.05 Å². The van der Waals surface area contributed by atoms with Crippen molar-refractivity contribution >= 4 is 46.5 Å². The summed E-state index contributed by atoms with van der Waals surface area (Å²) in [7, 11) is 1.95. The zero-order valence-corrected chi connectivity index (χ0v) is 23.7. The molecule has 2 aromatic heterocycles. The molecule has 0 saturated heterocycles. The van der Waals surface area contributed by atoms with Crippen molar-refractivity contribution < 1.29 is 14.0 Å². The molecular formula is C32H27FN6O2S. The monoisotopic (exact) mass is 578 g/mol. The molecule has 0 spiro atoms. The van der Waals surface area contributed by atoms with Crippen LogP contribution < -0.4 is 16.0 Å². The molecule has 0 aliphatic rings. The molecule has 0 fully saturated rings. The Hall–Kier alpha value is -5.22. The van der Waals surface area contributed by atoms with Crippen LogP contribution in [0.4, 0.5) is 27.3 Å². The molecule has 2 amide bonds. The lowest BCUT2D eigenvalue weighted by Crippen LogP contribution is -2.12. The third kappa shape index (κ3) is 6.39. The Morgan fingerprint density at radius 2 is 1.64 bits per heavy atom. The van der Waals surface area contributed by atoms with Crippen LogP contribution in [0.5, 0.6) is 0 Å². The van der Waals surface area contributed by atoms with Gasteiger partial charge in [-0.25, -0.2) is 14.4 Å². The minimum atomic E-state index is -0.324. The fourth-order valence-electron chi connectivity index (χ4n) is 4.37. The molecule has 3 aromatic carbocycles. The highest BCUT2D eigenvalue weighted by Gasteiger charge is 2.18. The number of amides is 2. The first kappa shape index (κ1) is 28.3. The standard InChI is InChI=1S/C32H27FN6O2S/c1-4-28(40)36-24-14-10-21(11-15-24)31(41)37-26-7-5-6-25(19-26)35-27-18-22(16-17-34-27)30-29(38-32(42-3)39(30)2)20-8-12-23(33)13-9-20/h4-19H,1H2,2-3H3,(H,34,35)(H,36,40)(H,37,41). The van der Waals surface area contributed by atoms with Crippen molar-refractivity contribution in [1.82, 2.24) is 14.5 Å². The molecule has 210 valence electrons. The normalized spacial score (nSPS) is 10.6. The van der Waals surface area contributed by atoms with Gasteiger partial charge in [0.2, 0.25) is 5.91 Å². The van der Waals surface area contributed by atoms with Gasteiger partial charge < -0.3 is 20.5 Å². The second-order valence-corrected chi connectivity index (χ2v) is 10.00. The third-order valence-corrected chi connectivity index (χ3v) is 7.11. The lowest BCUT2D eigenvalue weighted by molar-refractivity contribution is -0.111. The van der Waals surface area contributed by atoms with Gasteiger partial charge in [-0.3, -0.25) is 9.59 Å². The van der Waals surface area contributed by atoms with E-state index in [0.717, 1.165) is 33.4 Å². The van der Waals surface area contributed by atoms with Crippen LogP contribution in [0.3, 0.4) is 0 Å². The molecule has 0 aliphatic heterocycles. The zero-order chi connectivity index (χ0) is 29.6. The van der Waals surface area contributed by atoms with Crippen LogP contribution >= 0.6 is 11.8 Å². The van der Waals surface area contributed by atoms with E-state index in [1.807, 2.05) is 48.2 Å². The van der Waals surface area contributed by atoms with Gasteiger partial charge in [-0.15, -0.1) is 0 Å². The topological polar surface area (TPSA) is 101 Å². The first-order valence-electron chi connectivity index (χ1n) is 12.9. The van der Waals surface area contributed by atoms with Crippen LogP contribution in [0.25, 0.3) is 22.5 Å². The van der Waals surface area contributed by atoms with E-state index in [1.54, 1.807) is 48.7 Å². The maximum absolute atomic E-state index is 13.6. The highest BCUT2D eigenvalue weighted by molar-refractivity contribution is 7.98. The summed E-state index contributed by atoms with van der Waals surface area (Å²) in [6.45, 7) is 3.43. The molecule has 2 heterocycles. The summed E-state index contributed by atoms with van der Waals surface area (Å²) in [5.74, 6) is -0.315. The number of thioether (sulfide) groups is 1. The van der Waals surface area contributed by atoms with Crippen molar-refractivity contribution in [3.63, 3.8) is 0 Å². The molecule has 42 heavy (non-hydrogen) atoms. The van der Waals surface area contributed by atoms with Gasteiger partial charge >= 0.3 is 0 Å². The number of aromatic nitrogens is 3. The number of carbonyl (C=O) groups is 2. The number of nitrogens with one attached hydrogen (secondary N) is 3. The molecule has 3 N–H and O–H groups in total. The molecule has 0 aliphatic carbocycles. The van der Waals surface area contributed by atoms with Gasteiger partial charge in [-0.05, 0) is 91.2 Å². The number of hydrogen-bond acceptors (Lipinski definition) is 6. The van der Waals surface area contributed by atoms with Crippen LogP contribution in [0.1, 0.15) is 10.4 Å². The molecule has 8 nitrogen and oxygen atoms in total. The highest BCUT2D eigenvalue weighted by Crippen LogP contribution is 2.35. The second-order valence-electron chi connectivity index (χ2n) is 9.22. The Balaban J connectivity index is 1.35. The first-order chi connectivity index (χ1) is 20.3. The largest absolute Gasteiger partial charge is 0.340 e. The van der Waals surface area contributed by atoms with Gasteiger partial charge in [-0.1, -0.05) is 24.4 Å². The summed E-state index contributed by atoms with van der Waals surface area (Å²) in [4.78, 5) is 33.6. The van der Waals surface area contributed by atoms with Crippen molar-refractivity contribution in [1.29, 1.82) is 0 Å². The lowest BCUT2D eigenvalue weighted by atomic mass is 10.1. The number of rotatable bonds is 9. The molecule has 0 bridgehead atoms. The quantitative estimate of drug-likeness (QED) is 0.127. The minimum absolute atomic E-state index is 0.289. The predicted octanol–water partition coefficient (Wildman–Crippen LogP) is 7.13. The Morgan fingerprint density at radius 1 is 0.905 bits per heavy atom. The van der Waals surface area contributed by atoms with E-state index in [1.165, 1.54) is 30.0 Å². The molecule has 10 heteroatoms. The number of hydrogen-bond donors (Lipinski definition) is 3. The van der Waals surface area contributed by atoms with Gasteiger partial charge in [-0.2, -0.15) is 0 Å². The van der Waals surface area contributed by atoms with Crippen molar-refractivity contribution in [3.8, 4) is 22.5 Å². The van der Waals surface area contributed by atoms with Crippen LogP contribution in [-0.2, 0) is 11.8 Å². The molecule has 0 saturated carbocycles. The van der Waals surface area contributed by atoms with Crippen molar-refractivity contribution in [3.05, 3.63) is 115 Å². The minimum Gasteiger partial charge on any atom is -0.340 e. The number of benzene rings is 3. The highest BCUT2D eigenvalue weighted by atomic mass is 32.2. The van der Waals surface area contributed by atoms with Crippen LogP contribution in [0.2, 0.25) is 0 Å². The Labute approximate surface area is 246 Å². The fourth-order valence-corrected chi connectivity index (χ4v) is 4.92. The van der Waals surface area contributed by atoms with E-state index >= 15 is 0 Å². The van der Waals surface area contributed by atoms with Gasteiger partial charge in [0.25, 0.3) is 5.91 Å². The third-order valence-electron chi connectivity index (χ3n) is 6.38. The SMILES string of the molecule is C=CC(=O)Nc1ccc(C(=O)Nc2cccc(Nc3cc(-c4c(-c5ccc(F)cc5)nc(SC)n4C)ccn3)c2)cc1. The van der Waals surface area contributed by atoms with Gasteiger partial charge in [0.1, 0.15) is 11.6 Å². The zero-order valence-electron chi connectivity index (χ0n) is 22.9. The Kier molecular flexibility index (Phi) is 8.44. The average molecular weight is 579 g/mol. The van der Waals surface area contributed by atoms with E-state index in [4.69, 9.17) is 4.98 Å². The molecule has 0 unspecified atom stereocenters. The van der Waals surface area contributed by atoms with E-state index < -0.39 is 0 Å². The summed E-state index contributed by atoms with van der Waals surface area (Å²) in [6, 6.07) is 24.0. The van der Waals surface area contributed by atoms with Crippen LogP contribution in [0, 0.1) is 5.82 Å². The number of nitrogens with zero attached hydrogens (tertiary/aromatic N) is 3. The van der Waals surface area contributed by atoms with Crippen LogP contribution in [-0.4, -0.2) is 32.6 Å². The fraction of sp³-hybridized carbons (Fsp3) is 0.0625. The van der Waals surface area contributed by atoms with Gasteiger partial charge in [0, 0.05) is 47.0 Å². The average Bonchev–Trinajstić information content (AvgIpc) is 3.34. The van der Waals surface area contributed by atoms with E-state index in [2.05, 4.69) is 27.5 Å². The summed E-state index contributed by atoms with van der Waals surface area (Å²) in [5.41, 5.74) is 5.67. The summed E-state index contributed by atoms with van der Waals surface area (Å²) >= 11 is 1.53. The van der Waals surface area contributed by atoms with Gasteiger partial charge in [0.15, 0.2) is 5.16 Å². The Morgan fingerprint density at radius 3 is 2.36 bits per heavy atom. The molecular weight excluding hydrogens is 551 g/mol. The summed E-state index contributed by atoms with van der Waals surface area (Å²) in [6.07, 6.45) is 4.86. The summed E-state index contributed by atoms with van der Waals surface area (Å²) < 4.78 is 15.6. The molecule has 5 rings (SSSR count).